The highest BCUT2D eigenvalue weighted by atomic mass is 16.5. The Labute approximate surface area is 150 Å². The van der Waals surface area contributed by atoms with Gasteiger partial charge < -0.3 is 20.1 Å². The van der Waals surface area contributed by atoms with Crippen molar-refractivity contribution in [3.63, 3.8) is 0 Å². The summed E-state index contributed by atoms with van der Waals surface area (Å²) in [7, 11) is 3.45. The first-order valence-corrected chi connectivity index (χ1v) is 8.46. The maximum absolute atomic E-state index is 5.66. The fourth-order valence-electron chi connectivity index (χ4n) is 2.58. The van der Waals surface area contributed by atoms with Gasteiger partial charge in [-0.05, 0) is 37.1 Å². The SMILES string of the molecule is CCOc1ccccc1CNC(=NC)NCc1ccc(OC)c(C)c1. The Hall–Kier alpha value is -2.69. The Morgan fingerprint density at radius 1 is 1.04 bits per heavy atom. The van der Waals surface area contributed by atoms with Crippen LogP contribution in [0, 0.1) is 6.92 Å². The lowest BCUT2D eigenvalue weighted by atomic mass is 10.1. The fourth-order valence-corrected chi connectivity index (χ4v) is 2.58. The predicted octanol–water partition coefficient (Wildman–Crippen LogP) is 3.27. The summed E-state index contributed by atoms with van der Waals surface area (Å²) in [4.78, 5) is 4.28. The zero-order valence-electron chi connectivity index (χ0n) is 15.4. The van der Waals surface area contributed by atoms with Gasteiger partial charge in [0.2, 0.25) is 0 Å². The van der Waals surface area contributed by atoms with Crippen LogP contribution in [0.25, 0.3) is 0 Å². The summed E-state index contributed by atoms with van der Waals surface area (Å²) in [6.45, 7) is 6.03. The van der Waals surface area contributed by atoms with E-state index in [4.69, 9.17) is 9.47 Å². The number of methoxy groups -OCH3 is 1. The molecule has 0 saturated heterocycles. The molecule has 0 atom stereocenters. The molecule has 0 heterocycles. The Morgan fingerprint density at radius 2 is 1.80 bits per heavy atom. The number of hydrogen-bond donors (Lipinski definition) is 2. The molecule has 0 bridgehead atoms. The van der Waals surface area contributed by atoms with Crippen molar-refractivity contribution < 1.29 is 9.47 Å². The van der Waals surface area contributed by atoms with Crippen LogP contribution in [0.2, 0.25) is 0 Å². The van der Waals surface area contributed by atoms with Crippen LogP contribution >= 0.6 is 0 Å². The Bertz CT molecular complexity index is 714. The van der Waals surface area contributed by atoms with Crippen LogP contribution in [0.3, 0.4) is 0 Å². The molecule has 0 aliphatic rings. The highest BCUT2D eigenvalue weighted by Gasteiger charge is 2.05. The van der Waals surface area contributed by atoms with E-state index in [1.165, 1.54) is 5.56 Å². The van der Waals surface area contributed by atoms with Crippen molar-refractivity contribution in [2.45, 2.75) is 26.9 Å². The summed E-state index contributed by atoms with van der Waals surface area (Å²) in [5.74, 6) is 2.55. The van der Waals surface area contributed by atoms with Crippen LogP contribution in [0.1, 0.15) is 23.6 Å². The van der Waals surface area contributed by atoms with Gasteiger partial charge in [-0.15, -0.1) is 0 Å². The van der Waals surface area contributed by atoms with Crippen molar-refractivity contribution in [3.8, 4) is 11.5 Å². The van der Waals surface area contributed by atoms with Crippen molar-refractivity contribution >= 4 is 5.96 Å². The fraction of sp³-hybridized carbons (Fsp3) is 0.350. The highest BCUT2D eigenvalue weighted by Crippen LogP contribution is 2.19. The van der Waals surface area contributed by atoms with Crippen LogP contribution in [0.5, 0.6) is 11.5 Å². The molecule has 0 fully saturated rings. The number of rotatable bonds is 7. The van der Waals surface area contributed by atoms with Crippen LogP contribution in [0.15, 0.2) is 47.5 Å². The number of benzene rings is 2. The summed E-state index contributed by atoms with van der Waals surface area (Å²) >= 11 is 0. The molecule has 2 aromatic carbocycles. The van der Waals surface area contributed by atoms with Gasteiger partial charge in [0.15, 0.2) is 5.96 Å². The maximum atomic E-state index is 5.66. The first kappa shape index (κ1) is 18.6. The molecular weight excluding hydrogens is 314 g/mol. The molecule has 2 rings (SSSR count). The van der Waals surface area contributed by atoms with E-state index in [-0.39, 0.29) is 0 Å². The minimum atomic E-state index is 0.650. The number of para-hydroxylation sites is 1. The minimum Gasteiger partial charge on any atom is -0.496 e. The van der Waals surface area contributed by atoms with E-state index < -0.39 is 0 Å². The summed E-state index contributed by atoms with van der Waals surface area (Å²) < 4.78 is 11.0. The van der Waals surface area contributed by atoms with E-state index in [1.54, 1.807) is 14.2 Å². The number of guanidine groups is 1. The normalized spacial score (nSPS) is 11.1. The molecule has 0 aliphatic carbocycles. The molecule has 0 saturated carbocycles. The first-order chi connectivity index (χ1) is 12.2. The zero-order chi connectivity index (χ0) is 18.1. The van der Waals surface area contributed by atoms with Crippen molar-refractivity contribution in [1.82, 2.24) is 10.6 Å². The molecule has 0 unspecified atom stereocenters. The van der Waals surface area contributed by atoms with E-state index in [2.05, 4.69) is 33.8 Å². The quantitative estimate of drug-likeness (QED) is 0.599. The molecule has 0 spiro atoms. The highest BCUT2D eigenvalue weighted by molar-refractivity contribution is 5.79. The number of aryl methyl sites for hydroxylation is 1. The molecule has 0 amide bonds. The molecule has 134 valence electrons. The lowest BCUT2D eigenvalue weighted by molar-refractivity contribution is 0.336. The van der Waals surface area contributed by atoms with Crippen molar-refractivity contribution in [2.24, 2.45) is 4.99 Å². The average Bonchev–Trinajstić information content (AvgIpc) is 2.63. The standard InChI is InChI=1S/C20H27N3O2/c1-5-25-19-9-7-6-8-17(19)14-23-20(21-3)22-13-16-10-11-18(24-4)15(2)12-16/h6-12H,5,13-14H2,1-4H3,(H2,21,22,23). The second-order valence-corrected chi connectivity index (χ2v) is 5.62. The third-order valence-corrected chi connectivity index (χ3v) is 3.86. The van der Waals surface area contributed by atoms with Crippen LogP contribution in [0.4, 0.5) is 0 Å². The minimum absolute atomic E-state index is 0.650. The summed E-state index contributed by atoms with van der Waals surface area (Å²) in [6.07, 6.45) is 0. The Kier molecular flexibility index (Phi) is 7.14. The lowest BCUT2D eigenvalue weighted by Crippen LogP contribution is -2.36. The van der Waals surface area contributed by atoms with E-state index in [0.29, 0.717) is 19.7 Å². The molecule has 2 aromatic rings. The number of ether oxygens (including phenoxy) is 2. The van der Waals surface area contributed by atoms with Gasteiger partial charge in [-0.25, -0.2) is 0 Å². The van der Waals surface area contributed by atoms with Gasteiger partial charge in [-0.3, -0.25) is 4.99 Å². The maximum Gasteiger partial charge on any atom is 0.191 e. The van der Waals surface area contributed by atoms with Gasteiger partial charge in [0.1, 0.15) is 11.5 Å². The van der Waals surface area contributed by atoms with Gasteiger partial charge in [0, 0.05) is 25.7 Å². The number of hydrogen-bond acceptors (Lipinski definition) is 3. The monoisotopic (exact) mass is 341 g/mol. The van der Waals surface area contributed by atoms with Crippen LogP contribution < -0.4 is 20.1 Å². The van der Waals surface area contributed by atoms with Gasteiger partial charge in [-0.2, -0.15) is 0 Å². The molecule has 5 nitrogen and oxygen atoms in total. The molecular formula is C20H27N3O2. The zero-order valence-corrected chi connectivity index (χ0v) is 15.4. The van der Waals surface area contributed by atoms with Crippen LogP contribution in [-0.4, -0.2) is 26.7 Å². The summed E-state index contributed by atoms with van der Waals surface area (Å²) in [5, 5.41) is 6.66. The smallest absolute Gasteiger partial charge is 0.191 e. The van der Waals surface area contributed by atoms with Gasteiger partial charge in [0.25, 0.3) is 0 Å². The molecule has 0 radical (unpaired) electrons. The average molecular weight is 341 g/mol. The largest absolute Gasteiger partial charge is 0.496 e. The third kappa shape index (κ3) is 5.41. The summed E-state index contributed by atoms with van der Waals surface area (Å²) in [6, 6.07) is 14.2. The molecule has 5 heteroatoms. The van der Waals surface area contributed by atoms with E-state index in [0.717, 1.165) is 28.6 Å². The van der Waals surface area contributed by atoms with E-state index >= 15 is 0 Å². The second-order valence-electron chi connectivity index (χ2n) is 5.62. The van der Waals surface area contributed by atoms with Gasteiger partial charge in [0.05, 0.1) is 13.7 Å². The molecule has 25 heavy (non-hydrogen) atoms. The van der Waals surface area contributed by atoms with Crippen molar-refractivity contribution in [2.75, 3.05) is 20.8 Å². The first-order valence-electron chi connectivity index (χ1n) is 8.46. The van der Waals surface area contributed by atoms with Crippen LogP contribution in [-0.2, 0) is 13.1 Å². The number of aliphatic imine (C=N–C) groups is 1. The Balaban J connectivity index is 1.92. The van der Waals surface area contributed by atoms with Crippen molar-refractivity contribution in [1.29, 1.82) is 0 Å². The van der Waals surface area contributed by atoms with Gasteiger partial charge >= 0.3 is 0 Å². The molecule has 2 N–H and O–H groups in total. The number of nitrogens with one attached hydrogen (secondary N) is 2. The third-order valence-electron chi connectivity index (χ3n) is 3.86. The predicted molar refractivity (Wildman–Crippen MR) is 102 cm³/mol. The lowest BCUT2D eigenvalue weighted by Gasteiger charge is -2.15. The summed E-state index contributed by atoms with van der Waals surface area (Å²) in [5.41, 5.74) is 3.40. The van der Waals surface area contributed by atoms with Crippen molar-refractivity contribution in [3.05, 3.63) is 59.2 Å². The van der Waals surface area contributed by atoms with E-state index in [9.17, 15) is 0 Å². The second kappa shape index (κ2) is 9.57. The Morgan fingerprint density at radius 3 is 2.48 bits per heavy atom. The van der Waals surface area contributed by atoms with Gasteiger partial charge in [-0.1, -0.05) is 30.3 Å². The topological polar surface area (TPSA) is 54.9 Å². The number of nitrogens with zero attached hydrogens (tertiary/aromatic N) is 1. The molecule has 0 aromatic heterocycles. The molecule has 0 aliphatic heterocycles. The van der Waals surface area contributed by atoms with E-state index in [1.807, 2.05) is 38.1 Å².